The second-order valence-corrected chi connectivity index (χ2v) is 5.08. The number of hydrogen-bond acceptors (Lipinski definition) is 3. The summed E-state index contributed by atoms with van der Waals surface area (Å²) in [5.74, 6) is 0.847. The lowest BCUT2D eigenvalue weighted by atomic mass is 10.3. The van der Waals surface area contributed by atoms with Gasteiger partial charge < -0.3 is 15.4 Å². The third-order valence-corrected chi connectivity index (χ3v) is 3.40. The second-order valence-electron chi connectivity index (χ2n) is 4.30. The number of nitrogens with one attached hydrogen (secondary N) is 2. The molecule has 0 saturated carbocycles. The molecule has 0 fully saturated rings. The van der Waals surface area contributed by atoms with Gasteiger partial charge >= 0.3 is 0 Å². The molecule has 0 aromatic carbocycles. The van der Waals surface area contributed by atoms with Crippen molar-refractivity contribution in [2.45, 2.75) is 32.7 Å². The largest absolute Gasteiger partial charge is 0.381 e. The molecule has 0 unspecified atom stereocenters. The first-order valence-corrected chi connectivity index (χ1v) is 7.84. The Kier molecular flexibility index (Phi) is 13.4. The van der Waals surface area contributed by atoms with Crippen LogP contribution in [0, 0.1) is 0 Å². The molecule has 1 aromatic heterocycles. The first-order valence-electron chi connectivity index (χ1n) is 6.90. The van der Waals surface area contributed by atoms with E-state index < -0.39 is 0 Å². The molecule has 0 radical (unpaired) electrons. The summed E-state index contributed by atoms with van der Waals surface area (Å²) in [6.45, 7) is 5.57. The molecule has 116 valence electrons. The van der Waals surface area contributed by atoms with Gasteiger partial charge in [0.2, 0.25) is 0 Å². The lowest BCUT2D eigenvalue weighted by Crippen LogP contribution is -2.37. The zero-order valence-electron chi connectivity index (χ0n) is 12.4. The number of ether oxygens (including phenoxy) is 1. The van der Waals surface area contributed by atoms with E-state index in [0.29, 0.717) is 0 Å². The number of hydrogen-bond donors (Lipinski definition) is 2. The van der Waals surface area contributed by atoms with Crippen LogP contribution in [0.2, 0.25) is 0 Å². The van der Waals surface area contributed by atoms with E-state index in [1.54, 1.807) is 18.4 Å². The maximum Gasteiger partial charge on any atom is 0.191 e. The molecule has 0 aliphatic carbocycles. The number of nitrogens with zero attached hydrogens (tertiary/aromatic N) is 1. The summed E-state index contributed by atoms with van der Waals surface area (Å²) in [5, 5.41) is 10.8. The van der Waals surface area contributed by atoms with Gasteiger partial charge in [-0.2, -0.15) is 11.3 Å². The molecule has 4 nitrogen and oxygen atoms in total. The van der Waals surface area contributed by atoms with E-state index in [-0.39, 0.29) is 24.0 Å². The van der Waals surface area contributed by atoms with Crippen molar-refractivity contribution >= 4 is 41.3 Å². The van der Waals surface area contributed by atoms with E-state index >= 15 is 0 Å². The molecule has 0 aliphatic rings. The Morgan fingerprint density at radius 2 is 2.10 bits per heavy atom. The maximum absolute atomic E-state index is 5.51. The Bertz CT molecular complexity index is 344. The monoisotopic (exact) mass is 411 g/mol. The average Bonchev–Trinajstić information content (AvgIpc) is 2.94. The topological polar surface area (TPSA) is 45.6 Å². The summed E-state index contributed by atoms with van der Waals surface area (Å²) >= 11 is 1.71. The van der Waals surface area contributed by atoms with Crippen LogP contribution in [0.25, 0.3) is 0 Å². The predicted molar refractivity (Wildman–Crippen MR) is 98.3 cm³/mol. The van der Waals surface area contributed by atoms with Crippen molar-refractivity contribution in [2.75, 3.05) is 26.8 Å². The van der Waals surface area contributed by atoms with Gasteiger partial charge in [0.25, 0.3) is 0 Å². The highest BCUT2D eigenvalue weighted by Crippen LogP contribution is 2.04. The van der Waals surface area contributed by atoms with Crippen LogP contribution in [-0.2, 0) is 11.3 Å². The number of aliphatic imine (C=N–C) groups is 1. The molecule has 0 atom stereocenters. The number of thiophene rings is 1. The predicted octanol–water partition coefficient (Wildman–Crippen LogP) is 3.24. The van der Waals surface area contributed by atoms with E-state index in [1.807, 2.05) is 0 Å². The molecule has 1 heterocycles. The summed E-state index contributed by atoms with van der Waals surface area (Å²) in [6.07, 6.45) is 3.34. The van der Waals surface area contributed by atoms with Gasteiger partial charge in [-0.05, 0) is 35.2 Å². The molecule has 1 rings (SSSR count). The van der Waals surface area contributed by atoms with Gasteiger partial charge in [0, 0.05) is 33.4 Å². The normalized spacial score (nSPS) is 11.0. The van der Waals surface area contributed by atoms with Crippen LogP contribution >= 0.6 is 35.3 Å². The minimum absolute atomic E-state index is 0. The highest BCUT2D eigenvalue weighted by molar-refractivity contribution is 14.0. The summed E-state index contributed by atoms with van der Waals surface area (Å²) in [4.78, 5) is 4.19. The molecule has 0 aliphatic heterocycles. The van der Waals surface area contributed by atoms with E-state index in [4.69, 9.17) is 4.74 Å². The first kappa shape index (κ1) is 19.7. The fourth-order valence-electron chi connectivity index (χ4n) is 1.53. The first-order chi connectivity index (χ1) is 9.36. The van der Waals surface area contributed by atoms with Gasteiger partial charge in [0.1, 0.15) is 0 Å². The molecule has 0 saturated heterocycles. The van der Waals surface area contributed by atoms with Crippen LogP contribution in [0.5, 0.6) is 0 Å². The van der Waals surface area contributed by atoms with E-state index in [0.717, 1.165) is 45.1 Å². The summed E-state index contributed by atoms with van der Waals surface area (Å²) in [7, 11) is 1.79. The van der Waals surface area contributed by atoms with E-state index in [1.165, 1.54) is 12.0 Å². The van der Waals surface area contributed by atoms with Crippen molar-refractivity contribution in [3.63, 3.8) is 0 Å². The fourth-order valence-corrected chi connectivity index (χ4v) is 2.20. The summed E-state index contributed by atoms with van der Waals surface area (Å²) in [6, 6.07) is 2.12. The molecule has 0 spiro atoms. The Labute approximate surface area is 143 Å². The van der Waals surface area contributed by atoms with Gasteiger partial charge in [0.15, 0.2) is 5.96 Å². The molecule has 0 bridgehead atoms. The summed E-state index contributed by atoms with van der Waals surface area (Å²) < 4.78 is 5.51. The van der Waals surface area contributed by atoms with Crippen molar-refractivity contribution < 1.29 is 4.74 Å². The Morgan fingerprint density at radius 1 is 1.30 bits per heavy atom. The van der Waals surface area contributed by atoms with Crippen molar-refractivity contribution in [1.82, 2.24) is 10.6 Å². The SMILES string of the molecule is CCCCOCCCNC(=NC)NCc1ccsc1.I. The molecule has 1 aromatic rings. The molecule has 6 heteroatoms. The van der Waals surface area contributed by atoms with Crippen molar-refractivity contribution in [2.24, 2.45) is 4.99 Å². The van der Waals surface area contributed by atoms with Crippen molar-refractivity contribution in [1.29, 1.82) is 0 Å². The number of halogens is 1. The quantitative estimate of drug-likeness (QED) is 0.284. The molecule has 0 amide bonds. The van der Waals surface area contributed by atoms with Crippen LogP contribution in [-0.4, -0.2) is 32.8 Å². The average molecular weight is 411 g/mol. The van der Waals surface area contributed by atoms with Crippen LogP contribution in [0.1, 0.15) is 31.7 Å². The Balaban J connectivity index is 0.00000361. The number of unbranched alkanes of at least 4 members (excludes halogenated alkanes) is 1. The van der Waals surface area contributed by atoms with Crippen LogP contribution in [0.4, 0.5) is 0 Å². The van der Waals surface area contributed by atoms with E-state index in [9.17, 15) is 0 Å². The third kappa shape index (κ3) is 9.55. The van der Waals surface area contributed by atoms with Gasteiger partial charge in [-0.3, -0.25) is 4.99 Å². The van der Waals surface area contributed by atoms with Crippen molar-refractivity contribution in [3.05, 3.63) is 22.4 Å². The number of rotatable bonds is 9. The molecular weight excluding hydrogens is 385 g/mol. The summed E-state index contributed by atoms with van der Waals surface area (Å²) in [5.41, 5.74) is 1.29. The lowest BCUT2D eigenvalue weighted by Gasteiger charge is -2.11. The number of guanidine groups is 1. The molecule has 2 N–H and O–H groups in total. The lowest BCUT2D eigenvalue weighted by molar-refractivity contribution is 0.129. The van der Waals surface area contributed by atoms with Gasteiger partial charge in [-0.1, -0.05) is 13.3 Å². The van der Waals surface area contributed by atoms with Crippen molar-refractivity contribution in [3.8, 4) is 0 Å². The highest BCUT2D eigenvalue weighted by Gasteiger charge is 1.98. The zero-order valence-corrected chi connectivity index (χ0v) is 15.5. The third-order valence-electron chi connectivity index (χ3n) is 2.66. The second kappa shape index (κ2) is 13.6. The Morgan fingerprint density at radius 3 is 2.75 bits per heavy atom. The smallest absolute Gasteiger partial charge is 0.191 e. The maximum atomic E-state index is 5.51. The Hall–Kier alpha value is -0.340. The minimum atomic E-state index is 0. The minimum Gasteiger partial charge on any atom is -0.381 e. The van der Waals surface area contributed by atoms with Crippen LogP contribution in [0.15, 0.2) is 21.8 Å². The van der Waals surface area contributed by atoms with Gasteiger partial charge in [-0.25, -0.2) is 0 Å². The van der Waals surface area contributed by atoms with E-state index in [2.05, 4.69) is 39.4 Å². The fraction of sp³-hybridized carbons (Fsp3) is 0.643. The van der Waals surface area contributed by atoms with Crippen LogP contribution in [0.3, 0.4) is 0 Å². The standard InChI is InChI=1S/C14H25N3OS.HI/c1-3-4-8-18-9-5-7-16-14(15-2)17-11-13-6-10-19-12-13;/h6,10,12H,3-5,7-9,11H2,1-2H3,(H2,15,16,17);1H. The molecule has 20 heavy (non-hydrogen) atoms. The highest BCUT2D eigenvalue weighted by atomic mass is 127. The zero-order chi connectivity index (χ0) is 13.8. The molecular formula is C14H26IN3OS. The van der Waals surface area contributed by atoms with Crippen LogP contribution < -0.4 is 10.6 Å². The van der Waals surface area contributed by atoms with Gasteiger partial charge in [0.05, 0.1) is 0 Å². The van der Waals surface area contributed by atoms with Gasteiger partial charge in [-0.15, -0.1) is 24.0 Å².